The quantitative estimate of drug-likeness (QED) is 0.807. The van der Waals surface area contributed by atoms with Gasteiger partial charge in [-0.1, -0.05) is 35.9 Å². The Morgan fingerprint density at radius 3 is 2.55 bits per heavy atom. The molecule has 0 aliphatic heterocycles. The predicted octanol–water partition coefficient (Wildman–Crippen LogP) is 2.90. The highest BCUT2D eigenvalue weighted by molar-refractivity contribution is 5.88. The summed E-state index contributed by atoms with van der Waals surface area (Å²) >= 11 is 0. The van der Waals surface area contributed by atoms with E-state index in [-0.39, 0.29) is 5.56 Å². The normalized spacial score (nSPS) is 10.8. The van der Waals surface area contributed by atoms with E-state index in [0.717, 1.165) is 16.6 Å². The summed E-state index contributed by atoms with van der Waals surface area (Å²) in [6, 6.07) is 14.9. The van der Waals surface area contributed by atoms with Crippen LogP contribution in [0, 0.1) is 6.92 Å². The van der Waals surface area contributed by atoms with Gasteiger partial charge in [0, 0.05) is 6.20 Å². The number of aryl methyl sites for hydroxylation is 1. The van der Waals surface area contributed by atoms with E-state index in [4.69, 9.17) is 0 Å². The van der Waals surface area contributed by atoms with Crippen LogP contribution in [0.1, 0.15) is 27.0 Å². The number of pyridine rings is 2. The van der Waals surface area contributed by atoms with Gasteiger partial charge >= 0.3 is 5.97 Å². The zero-order valence-corrected chi connectivity index (χ0v) is 12.1. The van der Waals surface area contributed by atoms with Gasteiger partial charge < -0.3 is 5.11 Å². The lowest BCUT2D eigenvalue weighted by molar-refractivity contribution is 0.0694. The van der Waals surface area contributed by atoms with Crippen LogP contribution in [0.15, 0.2) is 59.5 Å². The van der Waals surface area contributed by atoms with E-state index in [1.54, 1.807) is 12.3 Å². The van der Waals surface area contributed by atoms with Gasteiger partial charge in [0.05, 0.1) is 5.52 Å². The average molecular weight is 293 g/mol. The van der Waals surface area contributed by atoms with Crippen molar-refractivity contribution in [3.05, 3.63) is 87.3 Å². The maximum Gasteiger partial charge on any atom is 0.341 e. The van der Waals surface area contributed by atoms with Crippen LogP contribution in [-0.2, 0) is 6.42 Å². The minimum Gasteiger partial charge on any atom is -0.477 e. The summed E-state index contributed by atoms with van der Waals surface area (Å²) in [5.74, 6) is -1.20. The Hall–Kier alpha value is -2.88. The molecule has 3 rings (SSSR count). The first-order chi connectivity index (χ1) is 10.6. The number of hydrogen-bond acceptors (Lipinski definition) is 2. The first kappa shape index (κ1) is 14.1. The number of carboxylic acid groups (broad SMARTS) is 1. The molecule has 0 aliphatic carbocycles. The van der Waals surface area contributed by atoms with Crippen molar-refractivity contribution in [1.29, 1.82) is 0 Å². The lowest BCUT2D eigenvalue weighted by Gasteiger charge is -2.10. The van der Waals surface area contributed by atoms with Crippen LogP contribution < -0.4 is 5.56 Å². The first-order valence-electron chi connectivity index (χ1n) is 6.98. The number of aromatic carboxylic acids is 1. The predicted molar refractivity (Wildman–Crippen MR) is 84.6 cm³/mol. The number of fused-ring (bicyclic) bond motifs is 1. The molecule has 0 radical (unpaired) electrons. The first-order valence-corrected chi connectivity index (χ1v) is 6.98. The molecule has 0 saturated heterocycles. The van der Waals surface area contributed by atoms with Crippen LogP contribution in [-0.4, -0.2) is 15.5 Å². The van der Waals surface area contributed by atoms with Gasteiger partial charge in [-0.05, 0) is 42.7 Å². The maximum atomic E-state index is 12.2. The monoisotopic (exact) mass is 293 g/mol. The Bertz CT molecular complexity index is 908. The average Bonchev–Trinajstić information content (AvgIpc) is 2.52. The number of benzene rings is 1. The summed E-state index contributed by atoms with van der Waals surface area (Å²) in [6.07, 6.45) is 2.18. The molecule has 0 saturated carbocycles. The molecule has 1 N–H and O–H groups in total. The summed E-state index contributed by atoms with van der Waals surface area (Å²) in [5.41, 5.74) is 3.09. The second-order valence-electron chi connectivity index (χ2n) is 5.31. The summed E-state index contributed by atoms with van der Waals surface area (Å²) in [7, 11) is 0. The Morgan fingerprint density at radius 2 is 1.86 bits per heavy atom. The molecule has 22 heavy (non-hydrogen) atoms. The zero-order valence-electron chi connectivity index (χ0n) is 12.1. The molecule has 2 aromatic heterocycles. The molecule has 0 atom stereocenters. The molecular weight excluding hydrogens is 278 g/mol. The summed E-state index contributed by atoms with van der Waals surface area (Å²) in [4.78, 5) is 23.5. The van der Waals surface area contributed by atoms with Gasteiger partial charge in [0.25, 0.3) is 5.56 Å². The fourth-order valence-electron chi connectivity index (χ4n) is 2.54. The van der Waals surface area contributed by atoms with Crippen LogP contribution in [0.5, 0.6) is 0 Å². The van der Waals surface area contributed by atoms with E-state index in [1.807, 2.05) is 43.3 Å². The number of hydrogen-bond donors (Lipinski definition) is 1. The van der Waals surface area contributed by atoms with Crippen LogP contribution in [0.2, 0.25) is 0 Å². The van der Waals surface area contributed by atoms with Crippen LogP contribution in [0.4, 0.5) is 0 Å². The molecule has 2 heterocycles. The Labute approximate surface area is 127 Å². The van der Waals surface area contributed by atoms with Crippen molar-refractivity contribution in [1.82, 2.24) is 4.40 Å². The molecule has 4 heteroatoms. The molecule has 0 amide bonds. The van der Waals surface area contributed by atoms with Gasteiger partial charge in [-0.25, -0.2) is 4.79 Å². The van der Waals surface area contributed by atoms with E-state index < -0.39 is 11.5 Å². The van der Waals surface area contributed by atoms with Crippen molar-refractivity contribution in [3.8, 4) is 0 Å². The molecule has 0 aliphatic rings. The Balaban J connectivity index is 2.19. The minimum atomic E-state index is -1.20. The molecule has 0 spiro atoms. The SMILES string of the molecule is Cc1ccc(Cc2cc(C(=O)O)c(=O)n3ccccc23)cc1. The summed E-state index contributed by atoms with van der Waals surface area (Å²) in [6.45, 7) is 2.02. The Morgan fingerprint density at radius 1 is 1.14 bits per heavy atom. The number of carbonyl (C=O) groups is 1. The van der Waals surface area contributed by atoms with E-state index in [9.17, 15) is 14.7 Å². The third kappa shape index (κ3) is 2.51. The van der Waals surface area contributed by atoms with E-state index in [1.165, 1.54) is 16.0 Å². The fourth-order valence-corrected chi connectivity index (χ4v) is 2.54. The highest BCUT2D eigenvalue weighted by Crippen LogP contribution is 2.16. The Kier molecular flexibility index (Phi) is 3.51. The minimum absolute atomic E-state index is 0.203. The molecule has 4 nitrogen and oxygen atoms in total. The maximum absolute atomic E-state index is 12.2. The zero-order chi connectivity index (χ0) is 15.7. The van der Waals surface area contributed by atoms with Crippen molar-refractivity contribution >= 4 is 11.5 Å². The van der Waals surface area contributed by atoms with E-state index in [0.29, 0.717) is 6.42 Å². The largest absolute Gasteiger partial charge is 0.477 e. The number of rotatable bonds is 3. The standard InChI is InChI=1S/C18H15NO3/c1-12-5-7-13(8-6-12)10-14-11-15(18(21)22)17(20)19-9-3-2-4-16(14)19/h2-9,11H,10H2,1H3,(H,21,22). The van der Waals surface area contributed by atoms with Gasteiger partial charge in [0.1, 0.15) is 5.56 Å². The molecule has 1 aromatic carbocycles. The van der Waals surface area contributed by atoms with E-state index >= 15 is 0 Å². The van der Waals surface area contributed by atoms with Crippen molar-refractivity contribution in [3.63, 3.8) is 0 Å². The van der Waals surface area contributed by atoms with Gasteiger partial charge in [-0.3, -0.25) is 9.20 Å². The van der Waals surface area contributed by atoms with Crippen molar-refractivity contribution in [2.24, 2.45) is 0 Å². The fraction of sp³-hybridized carbons (Fsp3) is 0.111. The second kappa shape index (κ2) is 5.48. The third-order valence-corrected chi connectivity index (χ3v) is 3.70. The van der Waals surface area contributed by atoms with Gasteiger partial charge in [0.15, 0.2) is 0 Å². The van der Waals surface area contributed by atoms with Crippen LogP contribution >= 0.6 is 0 Å². The van der Waals surface area contributed by atoms with Gasteiger partial charge in [-0.2, -0.15) is 0 Å². The van der Waals surface area contributed by atoms with Gasteiger partial charge in [0.2, 0.25) is 0 Å². The highest BCUT2D eigenvalue weighted by atomic mass is 16.4. The highest BCUT2D eigenvalue weighted by Gasteiger charge is 2.14. The molecule has 0 bridgehead atoms. The summed E-state index contributed by atoms with van der Waals surface area (Å²) in [5, 5.41) is 9.24. The second-order valence-corrected chi connectivity index (χ2v) is 5.31. The number of aromatic nitrogens is 1. The van der Waals surface area contributed by atoms with Crippen LogP contribution in [0.25, 0.3) is 5.52 Å². The summed E-state index contributed by atoms with van der Waals surface area (Å²) < 4.78 is 1.40. The third-order valence-electron chi connectivity index (χ3n) is 3.70. The molecule has 110 valence electrons. The van der Waals surface area contributed by atoms with Crippen LogP contribution in [0.3, 0.4) is 0 Å². The molecule has 3 aromatic rings. The van der Waals surface area contributed by atoms with Crippen molar-refractivity contribution < 1.29 is 9.90 Å². The topological polar surface area (TPSA) is 58.8 Å². The van der Waals surface area contributed by atoms with Crippen molar-refractivity contribution in [2.75, 3.05) is 0 Å². The molecule has 0 unspecified atom stereocenters. The lowest BCUT2D eigenvalue weighted by atomic mass is 10.0. The number of carboxylic acids is 1. The molecular formula is C18H15NO3. The smallest absolute Gasteiger partial charge is 0.341 e. The lowest BCUT2D eigenvalue weighted by Crippen LogP contribution is -2.22. The van der Waals surface area contributed by atoms with Gasteiger partial charge in [-0.15, -0.1) is 0 Å². The van der Waals surface area contributed by atoms with E-state index in [2.05, 4.69) is 0 Å². The number of nitrogens with zero attached hydrogens (tertiary/aromatic N) is 1. The van der Waals surface area contributed by atoms with Crippen molar-refractivity contribution in [2.45, 2.75) is 13.3 Å². The molecule has 0 fully saturated rings.